The predicted molar refractivity (Wildman–Crippen MR) is 80.6 cm³/mol. The third kappa shape index (κ3) is 6.30. The molecule has 2 rings (SSSR count). The number of carboxylic acids is 2. The number of para-hydroxylation sites is 1. The molecule has 1 aliphatic heterocycles. The molecule has 5 N–H and O–H groups in total. The molecule has 1 atom stereocenters. The number of hydrogen-bond acceptors (Lipinski definition) is 5. The molecule has 1 aliphatic rings. The highest BCUT2D eigenvalue weighted by molar-refractivity contribution is 6.33. The van der Waals surface area contributed by atoms with Crippen molar-refractivity contribution < 1.29 is 25.1 Å². The van der Waals surface area contributed by atoms with E-state index < -0.39 is 24.4 Å². The summed E-state index contributed by atoms with van der Waals surface area (Å²) in [4.78, 5) is 21.8. The summed E-state index contributed by atoms with van der Waals surface area (Å²) in [7, 11) is 0. The Hall–Kier alpha value is -1.83. The van der Waals surface area contributed by atoms with Gasteiger partial charge >= 0.3 is 5.97 Å². The van der Waals surface area contributed by atoms with E-state index in [9.17, 15) is 14.7 Å². The SMILES string of the molecule is Clc1ccccc1N1CC[NH2+]CC1.NC(CC(=O)[O-])C(=O)O. The van der Waals surface area contributed by atoms with E-state index >= 15 is 0 Å². The predicted octanol–water partition coefficient (Wildman–Crippen LogP) is -1.74. The Bertz CT molecular complexity index is 507. The highest BCUT2D eigenvalue weighted by atomic mass is 35.5. The van der Waals surface area contributed by atoms with Gasteiger partial charge in [0.25, 0.3) is 0 Å². The average Bonchev–Trinajstić information content (AvgIpc) is 2.48. The molecule has 1 aromatic carbocycles. The first-order valence-electron chi connectivity index (χ1n) is 6.91. The minimum Gasteiger partial charge on any atom is -0.550 e. The third-order valence-corrected chi connectivity index (χ3v) is 3.42. The number of anilines is 1. The topological polar surface area (TPSA) is 123 Å². The average molecular weight is 330 g/mol. The summed E-state index contributed by atoms with van der Waals surface area (Å²) in [5.41, 5.74) is 5.98. The van der Waals surface area contributed by atoms with Gasteiger partial charge in [-0.25, -0.2) is 0 Å². The van der Waals surface area contributed by atoms with Crippen molar-refractivity contribution in [2.24, 2.45) is 5.73 Å². The van der Waals surface area contributed by atoms with Crippen LogP contribution < -0.4 is 21.1 Å². The number of carbonyl (C=O) groups is 2. The van der Waals surface area contributed by atoms with Gasteiger partial charge in [-0.2, -0.15) is 0 Å². The van der Waals surface area contributed by atoms with Crippen LogP contribution in [0.4, 0.5) is 5.69 Å². The van der Waals surface area contributed by atoms with Crippen LogP contribution in [-0.4, -0.2) is 49.3 Å². The molecule has 0 amide bonds. The molecule has 22 heavy (non-hydrogen) atoms. The number of nitrogens with two attached hydrogens (primary N) is 2. The number of nitrogens with zero attached hydrogens (tertiary/aromatic N) is 1. The van der Waals surface area contributed by atoms with Crippen molar-refractivity contribution in [1.29, 1.82) is 0 Å². The zero-order valence-corrected chi connectivity index (χ0v) is 12.8. The first-order valence-corrected chi connectivity index (χ1v) is 7.29. The molecule has 122 valence electrons. The van der Waals surface area contributed by atoms with Gasteiger partial charge in [0.2, 0.25) is 0 Å². The van der Waals surface area contributed by atoms with E-state index in [1.807, 2.05) is 18.2 Å². The lowest BCUT2D eigenvalue weighted by Gasteiger charge is -2.27. The van der Waals surface area contributed by atoms with E-state index in [-0.39, 0.29) is 0 Å². The summed E-state index contributed by atoms with van der Waals surface area (Å²) in [5.74, 6) is -2.79. The summed E-state index contributed by atoms with van der Waals surface area (Å²) in [5, 5.41) is 20.9. The van der Waals surface area contributed by atoms with Crippen LogP contribution >= 0.6 is 11.6 Å². The van der Waals surface area contributed by atoms with E-state index in [4.69, 9.17) is 22.4 Å². The lowest BCUT2D eigenvalue weighted by Crippen LogP contribution is -2.89. The largest absolute Gasteiger partial charge is 0.550 e. The van der Waals surface area contributed by atoms with Gasteiger partial charge in [0.1, 0.15) is 6.04 Å². The maximum atomic E-state index is 9.82. The first-order chi connectivity index (χ1) is 10.4. The molecule has 1 fully saturated rings. The van der Waals surface area contributed by atoms with Crippen molar-refractivity contribution in [2.45, 2.75) is 12.5 Å². The Balaban J connectivity index is 0.000000239. The Morgan fingerprint density at radius 3 is 2.41 bits per heavy atom. The van der Waals surface area contributed by atoms with Crippen LogP contribution in [-0.2, 0) is 9.59 Å². The molecule has 0 spiro atoms. The number of carbonyl (C=O) groups excluding carboxylic acids is 1. The Kier molecular flexibility index (Phi) is 7.65. The van der Waals surface area contributed by atoms with E-state index in [0.717, 1.165) is 18.1 Å². The molecule has 1 saturated heterocycles. The molecule has 1 aromatic rings. The van der Waals surface area contributed by atoms with Crippen molar-refractivity contribution in [2.75, 3.05) is 31.1 Å². The number of aliphatic carboxylic acids is 2. The van der Waals surface area contributed by atoms with Crippen LogP contribution in [0.25, 0.3) is 0 Å². The molecule has 7 nitrogen and oxygen atoms in total. The number of piperazine rings is 1. The highest BCUT2D eigenvalue weighted by Crippen LogP contribution is 2.24. The molecule has 0 aromatic heterocycles. The lowest BCUT2D eigenvalue weighted by atomic mass is 10.2. The lowest BCUT2D eigenvalue weighted by molar-refractivity contribution is -0.655. The number of carboxylic acid groups (broad SMARTS) is 2. The second kappa shape index (κ2) is 9.24. The molecule has 0 aliphatic carbocycles. The summed E-state index contributed by atoms with van der Waals surface area (Å²) < 4.78 is 0. The Morgan fingerprint density at radius 2 is 1.95 bits per heavy atom. The number of halogens is 1. The van der Waals surface area contributed by atoms with Crippen LogP contribution in [0.15, 0.2) is 24.3 Å². The van der Waals surface area contributed by atoms with Crippen LogP contribution in [0.2, 0.25) is 5.02 Å². The van der Waals surface area contributed by atoms with Crippen molar-refractivity contribution in [1.82, 2.24) is 0 Å². The van der Waals surface area contributed by atoms with Gasteiger partial charge in [0.15, 0.2) is 0 Å². The Morgan fingerprint density at radius 1 is 1.36 bits per heavy atom. The Labute approximate surface area is 133 Å². The number of quaternary nitrogens is 1. The molecular weight excluding hydrogens is 310 g/mol. The monoisotopic (exact) mass is 329 g/mol. The smallest absolute Gasteiger partial charge is 0.320 e. The molecule has 0 radical (unpaired) electrons. The third-order valence-electron chi connectivity index (χ3n) is 3.10. The zero-order chi connectivity index (χ0) is 16.5. The van der Waals surface area contributed by atoms with Crippen molar-refractivity contribution in [3.05, 3.63) is 29.3 Å². The quantitative estimate of drug-likeness (QED) is 0.602. The molecule has 0 bridgehead atoms. The maximum Gasteiger partial charge on any atom is 0.320 e. The van der Waals surface area contributed by atoms with Gasteiger partial charge in [-0.15, -0.1) is 0 Å². The van der Waals surface area contributed by atoms with Crippen LogP contribution in [0.3, 0.4) is 0 Å². The first kappa shape index (κ1) is 18.2. The van der Waals surface area contributed by atoms with Crippen LogP contribution in [0, 0.1) is 0 Å². The van der Waals surface area contributed by atoms with Gasteiger partial charge in [0.05, 0.1) is 36.9 Å². The number of hydrogen-bond donors (Lipinski definition) is 3. The van der Waals surface area contributed by atoms with Gasteiger partial charge in [-0.05, 0) is 12.1 Å². The normalized spacial score (nSPS) is 15.5. The molecule has 8 heteroatoms. The summed E-state index contributed by atoms with van der Waals surface area (Å²) in [6.07, 6.45) is -0.644. The van der Waals surface area contributed by atoms with Crippen molar-refractivity contribution >= 4 is 29.2 Å². The maximum absolute atomic E-state index is 9.82. The number of benzene rings is 1. The summed E-state index contributed by atoms with van der Waals surface area (Å²) >= 11 is 6.11. The molecule has 1 unspecified atom stereocenters. The number of rotatable bonds is 4. The van der Waals surface area contributed by atoms with Gasteiger partial charge in [-0.1, -0.05) is 23.7 Å². The fourth-order valence-corrected chi connectivity index (χ4v) is 2.22. The van der Waals surface area contributed by atoms with E-state index in [0.29, 0.717) is 0 Å². The second-order valence-corrected chi connectivity index (χ2v) is 5.23. The van der Waals surface area contributed by atoms with Crippen LogP contribution in [0.5, 0.6) is 0 Å². The summed E-state index contributed by atoms with van der Waals surface area (Å²) in [6.45, 7) is 4.55. The fraction of sp³-hybridized carbons (Fsp3) is 0.429. The standard InChI is InChI=1S/C10H13ClN2.C4H7NO4/c11-9-3-1-2-4-10(9)13-7-5-12-6-8-13;5-2(4(8)9)1-3(6)7/h1-4,12H,5-8H2;2H,1,5H2,(H,6,7)(H,8,9). The molecular formula is C14H20ClN3O4. The van der Waals surface area contributed by atoms with Crippen molar-refractivity contribution in [3.8, 4) is 0 Å². The van der Waals surface area contributed by atoms with Gasteiger partial charge in [0, 0.05) is 12.4 Å². The fourth-order valence-electron chi connectivity index (χ4n) is 1.97. The van der Waals surface area contributed by atoms with E-state index in [1.165, 1.54) is 18.8 Å². The summed E-state index contributed by atoms with van der Waals surface area (Å²) in [6, 6.07) is 6.71. The van der Waals surface area contributed by atoms with Gasteiger partial charge < -0.3 is 31.0 Å². The molecule has 1 heterocycles. The zero-order valence-electron chi connectivity index (χ0n) is 12.1. The second-order valence-electron chi connectivity index (χ2n) is 4.83. The van der Waals surface area contributed by atoms with Crippen LogP contribution in [0.1, 0.15) is 6.42 Å². The molecule has 0 saturated carbocycles. The minimum absolute atomic E-state index is 0.644. The highest BCUT2D eigenvalue weighted by Gasteiger charge is 2.14. The van der Waals surface area contributed by atoms with E-state index in [2.05, 4.69) is 16.3 Å². The van der Waals surface area contributed by atoms with Crippen molar-refractivity contribution in [3.63, 3.8) is 0 Å². The van der Waals surface area contributed by atoms with Gasteiger partial charge in [-0.3, -0.25) is 4.79 Å². The minimum atomic E-state index is -1.45. The van der Waals surface area contributed by atoms with E-state index in [1.54, 1.807) is 0 Å².